The highest BCUT2D eigenvalue weighted by atomic mass is 19.1. The minimum absolute atomic E-state index is 0.0802. The van der Waals surface area contributed by atoms with Crippen LogP contribution in [0, 0.1) is 5.82 Å². The topological polar surface area (TPSA) is 72.1 Å². The third-order valence-corrected chi connectivity index (χ3v) is 3.05. The maximum absolute atomic E-state index is 13.3. The molecule has 2 rings (SSSR count). The van der Waals surface area contributed by atoms with Crippen molar-refractivity contribution in [3.63, 3.8) is 0 Å². The van der Waals surface area contributed by atoms with E-state index in [9.17, 15) is 9.18 Å². The van der Waals surface area contributed by atoms with Crippen LogP contribution in [0.15, 0.2) is 30.5 Å². The molecule has 2 N–H and O–H groups in total. The zero-order chi connectivity index (χ0) is 15.6. The van der Waals surface area contributed by atoms with Gasteiger partial charge in [-0.2, -0.15) is 0 Å². The number of carbonyl (C=O) groups is 1. The molecule has 0 unspecified atom stereocenters. The van der Waals surface area contributed by atoms with Gasteiger partial charge in [0.25, 0.3) is 5.91 Å². The Morgan fingerprint density at radius 2 is 2.10 bits per heavy atom. The normalized spacial score (nSPS) is 10.7. The van der Waals surface area contributed by atoms with Crippen LogP contribution in [0.2, 0.25) is 0 Å². The largest absolute Gasteiger partial charge is 0.396 e. The van der Waals surface area contributed by atoms with E-state index in [0.29, 0.717) is 11.5 Å². The Balaban J connectivity index is 2.37. The molecule has 1 amide bonds. The molecule has 5 nitrogen and oxygen atoms in total. The van der Waals surface area contributed by atoms with Crippen LogP contribution in [-0.2, 0) is 0 Å². The molecule has 0 aliphatic rings. The van der Waals surface area contributed by atoms with Gasteiger partial charge in [-0.05, 0) is 18.2 Å². The van der Waals surface area contributed by atoms with Gasteiger partial charge in [0.2, 0.25) is 0 Å². The first-order valence-corrected chi connectivity index (χ1v) is 6.56. The number of hydrogen-bond acceptors (Lipinski definition) is 4. The van der Waals surface area contributed by atoms with E-state index >= 15 is 0 Å². The first-order valence-electron chi connectivity index (χ1n) is 6.56. The number of benzene rings is 1. The van der Waals surface area contributed by atoms with Gasteiger partial charge in [-0.3, -0.25) is 4.79 Å². The minimum atomic E-state index is -0.411. The van der Waals surface area contributed by atoms with Gasteiger partial charge < -0.3 is 10.6 Å². The van der Waals surface area contributed by atoms with Gasteiger partial charge >= 0.3 is 0 Å². The third kappa shape index (κ3) is 3.16. The highest BCUT2D eigenvalue weighted by Gasteiger charge is 2.20. The average Bonchev–Trinajstić information content (AvgIpc) is 2.46. The summed E-state index contributed by atoms with van der Waals surface area (Å²) in [6.07, 6.45) is 1.43. The SMILES string of the molecule is CC(C)c1ncc(N)c(C(=O)N(C)c2cccc(F)c2)n1. The predicted octanol–water partition coefficient (Wildman–Crippen LogP) is 2.60. The number of hydrogen-bond donors (Lipinski definition) is 1. The van der Waals surface area contributed by atoms with Crippen molar-refractivity contribution in [3.05, 3.63) is 47.8 Å². The lowest BCUT2D eigenvalue weighted by atomic mass is 10.2. The number of nitrogens with two attached hydrogens (primary N) is 1. The lowest BCUT2D eigenvalue weighted by molar-refractivity contribution is 0.0988. The molecule has 0 saturated carbocycles. The van der Waals surface area contributed by atoms with Crippen LogP contribution in [0.5, 0.6) is 0 Å². The molecule has 0 atom stereocenters. The van der Waals surface area contributed by atoms with E-state index in [1.54, 1.807) is 13.1 Å². The fourth-order valence-corrected chi connectivity index (χ4v) is 1.82. The van der Waals surface area contributed by atoms with Crippen molar-refractivity contribution in [2.45, 2.75) is 19.8 Å². The standard InChI is InChI=1S/C15H17FN4O/c1-9(2)14-18-8-12(17)13(19-14)15(21)20(3)11-6-4-5-10(16)7-11/h4-9H,17H2,1-3H3. The molecule has 0 aliphatic carbocycles. The molecule has 0 saturated heterocycles. The smallest absolute Gasteiger partial charge is 0.278 e. The maximum Gasteiger partial charge on any atom is 0.278 e. The van der Waals surface area contributed by atoms with Crippen molar-refractivity contribution >= 4 is 17.3 Å². The average molecular weight is 288 g/mol. The molecule has 1 heterocycles. The lowest BCUT2D eigenvalue weighted by Crippen LogP contribution is -2.28. The van der Waals surface area contributed by atoms with Crippen LogP contribution in [0.3, 0.4) is 0 Å². The molecule has 2 aromatic rings. The molecule has 1 aromatic heterocycles. The lowest BCUT2D eigenvalue weighted by Gasteiger charge is -2.18. The van der Waals surface area contributed by atoms with Gasteiger partial charge in [0.05, 0.1) is 11.9 Å². The number of rotatable bonds is 3. The summed E-state index contributed by atoms with van der Waals surface area (Å²) in [5, 5.41) is 0. The summed E-state index contributed by atoms with van der Waals surface area (Å²) >= 11 is 0. The van der Waals surface area contributed by atoms with E-state index in [1.807, 2.05) is 13.8 Å². The summed E-state index contributed by atoms with van der Waals surface area (Å²) in [5.74, 6) is -0.190. The Morgan fingerprint density at radius 3 is 2.71 bits per heavy atom. The number of nitrogen functional groups attached to an aromatic ring is 1. The van der Waals surface area contributed by atoms with Gasteiger partial charge in [0.1, 0.15) is 11.6 Å². The zero-order valence-electron chi connectivity index (χ0n) is 12.2. The summed E-state index contributed by atoms with van der Waals surface area (Å²) < 4.78 is 13.3. The molecular formula is C15H17FN4O. The number of carbonyl (C=O) groups excluding carboxylic acids is 1. The van der Waals surface area contributed by atoms with E-state index in [0.717, 1.165) is 0 Å². The second-order valence-corrected chi connectivity index (χ2v) is 5.03. The van der Waals surface area contributed by atoms with Gasteiger partial charge in [-0.1, -0.05) is 19.9 Å². The summed E-state index contributed by atoms with van der Waals surface area (Å²) in [6, 6.07) is 5.77. The van der Waals surface area contributed by atoms with E-state index in [4.69, 9.17) is 5.73 Å². The molecule has 0 bridgehead atoms. The fourth-order valence-electron chi connectivity index (χ4n) is 1.82. The van der Waals surface area contributed by atoms with Crippen molar-refractivity contribution in [2.24, 2.45) is 0 Å². The Labute approximate surface area is 122 Å². The molecular weight excluding hydrogens is 271 g/mol. The molecule has 0 radical (unpaired) electrons. The second kappa shape index (κ2) is 5.87. The Bertz CT molecular complexity index is 672. The summed E-state index contributed by atoms with van der Waals surface area (Å²) in [5.41, 5.74) is 6.55. The monoisotopic (exact) mass is 288 g/mol. The van der Waals surface area contributed by atoms with Crippen molar-refractivity contribution in [1.29, 1.82) is 0 Å². The number of aromatic nitrogens is 2. The van der Waals surface area contributed by atoms with Crippen LogP contribution in [-0.4, -0.2) is 22.9 Å². The van der Waals surface area contributed by atoms with Crippen LogP contribution in [0.25, 0.3) is 0 Å². The molecule has 0 fully saturated rings. The van der Waals surface area contributed by atoms with E-state index in [1.165, 1.54) is 29.3 Å². The van der Waals surface area contributed by atoms with Gasteiger partial charge in [0.15, 0.2) is 5.69 Å². The first-order chi connectivity index (χ1) is 9.90. The zero-order valence-corrected chi connectivity index (χ0v) is 12.2. The third-order valence-electron chi connectivity index (χ3n) is 3.05. The van der Waals surface area contributed by atoms with Crippen molar-refractivity contribution in [2.75, 3.05) is 17.7 Å². The Morgan fingerprint density at radius 1 is 1.38 bits per heavy atom. The molecule has 0 aliphatic heterocycles. The van der Waals surface area contributed by atoms with Crippen LogP contribution < -0.4 is 10.6 Å². The van der Waals surface area contributed by atoms with E-state index in [-0.39, 0.29) is 17.3 Å². The molecule has 1 aromatic carbocycles. The molecule has 110 valence electrons. The van der Waals surface area contributed by atoms with Crippen molar-refractivity contribution < 1.29 is 9.18 Å². The number of halogens is 1. The Kier molecular flexibility index (Phi) is 4.16. The second-order valence-electron chi connectivity index (χ2n) is 5.03. The quantitative estimate of drug-likeness (QED) is 0.942. The van der Waals surface area contributed by atoms with Crippen LogP contribution in [0.1, 0.15) is 36.1 Å². The minimum Gasteiger partial charge on any atom is -0.396 e. The fraction of sp³-hybridized carbons (Fsp3) is 0.267. The number of amides is 1. The molecule has 6 heteroatoms. The number of anilines is 2. The number of nitrogens with zero attached hydrogens (tertiary/aromatic N) is 3. The molecule has 0 spiro atoms. The molecule has 21 heavy (non-hydrogen) atoms. The van der Waals surface area contributed by atoms with Crippen LogP contribution >= 0.6 is 0 Å². The summed E-state index contributed by atoms with van der Waals surface area (Å²) in [7, 11) is 1.55. The Hall–Kier alpha value is -2.50. The maximum atomic E-state index is 13.3. The van der Waals surface area contributed by atoms with Crippen molar-refractivity contribution in [1.82, 2.24) is 9.97 Å². The van der Waals surface area contributed by atoms with E-state index < -0.39 is 11.7 Å². The van der Waals surface area contributed by atoms with Gasteiger partial charge in [-0.25, -0.2) is 14.4 Å². The highest BCUT2D eigenvalue weighted by molar-refractivity contribution is 6.07. The summed E-state index contributed by atoms with van der Waals surface area (Å²) in [4.78, 5) is 22.1. The van der Waals surface area contributed by atoms with Crippen LogP contribution in [0.4, 0.5) is 15.8 Å². The highest BCUT2D eigenvalue weighted by Crippen LogP contribution is 2.19. The van der Waals surface area contributed by atoms with Gasteiger partial charge in [-0.15, -0.1) is 0 Å². The predicted molar refractivity (Wildman–Crippen MR) is 79.7 cm³/mol. The summed E-state index contributed by atoms with van der Waals surface area (Å²) in [6.45, 7) is 3.85. The van der Waals surface area contributed by atoms with E-state index in [2.05, 4.69) is 9.97 Å². The van der Waals surface area contributed by atoms with Crippen molar-refractivity contribution in [3.8, 4) is 0 Å². The first kappa shape index (κ1) is 14.9. The van der Waals surface area contributed by atoms with Gasteiger partial charge in [0, 0.05) is 18.7 Å².